The minimum Gasteiger partial charge on any atom is -0.350 e. The predicted octanol–water partition coefficient (Wildman–Crippen LogP) is -0.178. The quantitative estimate of drug-likeness (QED) is 0.543. The number of hydrogen-bond acceptors (Lipinski definition) is 3. The Kier molecular flexibility index (Phi) is 1.41. The summed E-state index contributed by atoms with van der Waals surface area (Å²) in [5, 5.41) is 3.74. The Bertz CT molecular complexity index is 265. The molecule has 2 N–H and O–H groups in total. The van der Waals surface area contributed by atoms with Crippen molar-refractivity contribution >= 4 is 6.03 Å². The third-order valence-electron chi connectivity index (χ3n) is 1.08. The summed E-state index contributed by atoms with van der Waals surface area (Å²) in [7, 11) is 0. The highest BCUT2D eigenvalue weighted by molar-refractivity contribution is 5.73. The van der Waals surface area contributed by atoms with Gasteiger partial charge in [0.2, 0.25) is 0 Å². The zero-order chi connectivity index (χ0) is 7.72. The summed E-state index contributed by atoms with van der Waals surface area (Å²) in [6, 6.07) is -0.599. The summed E-state index contributed by atoms with van der Waals surface area (Å²) in [4.78, 5) is 14.4. The minimum absolute atomic E-state index is 0.519. The van der Waals surface area contributed by atoms with Gasteiger partial charge in [-0.25, -0.2) is 9.78 Å². The highest BCUT2D eigenvalue weighted by Crippen LogP contribution is 1.92. The van der Waals surface area contributed by atoms with Gasteiger partial charge in [0.1, 0.15) is 11.6 Å². The number of carbonyl (C=O) groups is 1. The third kappa shape index (κ3) is 0.975. The molecule has 0 atom stereocenters. The lowest BCUT2D eigenvalue weighted by molar-refractivity contribution is 0.247. The molecule has 0 aliphatic heterocycles. The normalized spacial score (nSPS) is 9.80. The van der Waals surface area contributed by atoms with Crippen LogP contribution in [0.3, 0.4) is 0 Å². The second-order valence-electron chi connectivity index (χ2n) is 1.96. The van der Waals surface area contributed by atoms with Crippen molar-refractivity contribution in [2.24, 2.45) is 5.73 Å². The van der Waals surface area contributed by atoms with Crippen molar-refractivity contribution in [2.45, 2.75) is 13.8 Å². The molecule has 0 unspecified atom stereocenters. The van der Waals surface area contributed by atoms with Gasteiger partial charge < -0.3 is 5.73 Å². The van der Waals surface area contributed by atoms with Crippen LogP contribution in [-0.4, -0.2) is 20.8 Å². The SMILES string of the molecule is Cc1nc(C)n(C(N)=O)n1. The van der Waals surface area contributed by atoms with Crippen LogP contribution >= 0.6 is 0 Å². The molecule has 0 spiro atoms. The summed E-state index contributed by atoms with van der Waals surface area (Å²) in [6.45, 7) is 3.37. The summed E-state index contributed by atoms with van der Waals surface area (Å²) in [5.74, 6) is 1.07. The molecule has 1 amide bonds. The van der Waals surface area contributed by atoms with Crippen molar-refractivity contribution in [2.75, 3.05) is 0 Å². The van der Waals surface area contributed by atoms with Crippen LogP contribution in [0.2, 0.25) is 0 Å². The largest absolute Gasteiger partial charge is 0.350 e. The lowest BCUT2D eigenvalue weighted by atomic mass is 10.7. The maximum Gasteiger partial charge on any atom is 0.341 e. The Morgan fingerprint density at radius 3 is 2.40 bits per heavy atom. The molecular formula is C5H8N4O. The van der Waals surface area contributed by atoms with Gasteiger partial charge in [-0.05, 0) is 13.8 Å². The van der Waals surface area contributed by atoms with Crippen molar-refractivity contribution < 1.29 is 4.79 Å². The minimum atomic E-state index is -0.599. The molecule has 1 rings (SSSR count). The van der Waals surface area contributed by atoms with Gasteiger partial charge in [-0.15, -0.1) is 5.10 Å². The molecule has 5 heteroatoms. The van der Waals surface area contributed by atoms with Crippen LogP contribution < -0.4 is 5.73 Å². The van der Waals surface area contributed by atoms with Crippen molar-refractivity contribution in [1.82, 2.24) is 14.8 Å². The summed E-state index contributed by atoms with van der Waals surface area (Å²) >= 11 is 0. The number of aromatic nitrogens is 3. The Balaban J connectivity index is 3.15. The fourth-order valence-electron chi connectivity index (χ4n) is 0.730. The fraction of sp³-hybridized carbons (Fsp3) is 0.400. The number of hydrogen-bond donors (Lipinski definition) is 1. The molecule has 0 saturated carbocycles. The van der Waals surface area contributed by atoms with E-state index in [2.05, 4.69) is 10.1 Å². The molecule has 5 nitrogen and oxygen atoms in total. The lowest BCUT2D eigenvalue weighted by Crippen LogP contribution is -2.22. The van der Waals surface area contributed by atoms with E-state index >= 15 is 0 Å². The van der Waals surface area contributed by atoms with Crippen LogP contribution in [0.1, 0.15) is 11.6 Å². The first kappa shape index (κ1) is 6.73. The van der Waals surface area contributed by atoms with E-state index in [0.29, 0.717) is 11.6 Å². The number of primary amides is 1. The van der Waals surface area contributed by atoms with Crippen LogP contribution in [0.15, 0.2) is 0 Å². The van der Waals surface area contributed by atoms with Gasteiger partial charge in [0.25, 0.3) is 0 Å². The number of amides is 1. The number of nitrogens with zero attached hydrogens (tertiary/aromatic N) is 3. The molecule has 10 heavy (non-hydrogen) atoms. The monoisotopic (exact) mass is 140 g/mol. The molecule has 54 valence electrons. The third-order valence-corrected chi connectivity index (χ3v) is 1.08. The molecule has 0 fully saturated rings. The smallest absolute Gasteiger partial charge is 0.341 e. The molecular weight excluding hydrogens is 132 g/mol. The first-order chi connectivity index (χ1) is 4.61. The summed E-state index contributed by atoms with van der Waals surface area (Å²) < 4.78 is 1.06. The second kappa shape index (κ2) is 2.09. The molecule has 0 radical (unpaired) electrons. The molecule has 1 aromatic rings. The average molecular weight is 140 g/mol. The van der Waals surface area contributed by atoms with Crippen molar-refractivity contribution in [3.63, 3.8) is 0 Å². The standard InChI is InChI=1S/C5H8N4O/c1-3-7-4(2)9(8-3)5(6)10/h1-2H3,(H2,6,10). The van der Waals surface area contributed by atoms with E-state index < -0.39 is 6.03 Å². The molecule has 0 aliphatic carbocycles. The van der Waals surface area contributed by atoms with E-state index in [0.717, 1.165) is 4.68 Å². The highest BCUT2D eigenvalue weighted by atomic mass is 16.2. The van der Waals surface area contributed by atoms with Gasteiger partial charge >= 0.3 is 6.03 Å². The molecule has 0 bridgehead atoms. The van der Waals surface area contributed by atoms with E-state index in [1.807, 2.05) is 0 Å². The maximum absolute atomic E-state index is 10.5. The van der Waals surface area contributed by atoms with Gasteiger partial charge in [-0.3, -0.25) is 0 Å². The average Bonchev–Trinajstić information content (AvgIpc) is 2.10. The first-order valence-electron chi connectivity index (χ1n) is 2.81. The molecule has 0 saturated heterocycles. The Morgan fingerprint density at radius 2 is 2.20 bits per heavy atom. The van der Waals surface area contributed by atoms with Gasteiger partial charge in [0.05, 0.1) is 0 Å². The van der Waals surface area contributed by atoms with Crippen LogP contribution in [-0.2, 0) is 0 Å². The van der Waals surface area contributed by atoms with Crippen LogP contribution in [0, 0.1) is 13.8 Å². The molecule has 0 aromatic carbocycles. The van der Waals surface area contributed by atoms with E-state index in [4.69, 9.17) is 5.73 Å². The van der Waals surface area contributed by atoms with Crippen LogP contribution in [0.5, 0.6) is 0 Å². The Hall–Kier alpha value is -1.39. The number of rotatable bonds is 0. The van der Waals surface area contributed by atoms with Gasteiger partial charge in [0, 0.05) is 0 Å². The van der Waals surface area contributed by atoms with Crippen LogP contribution in [0.25, 0.3) is 0 Å². The van der Waals surface area contributed by atoms with Crippen molar-refractivity contribution in [1.29, 1.82) is 0 Å². The zero-order valence-electron chi connectivity index (χ0n) is 5.83. The van der Waals surface area contributed by atoms with Gasteiger partial charge in [-0.1, -0.05) is 0 Å². The van der Waals surface area contributed by atoms with Gasteiger partial charge in [0.15, 0.2) is 0 Å². The van der Waals surface area contributed by atoms with Crippen molar-refractivity contribution in [3.8, 4) is 0 Å². The molecule has 1 heterocycles. The number of nitrogens with two attached hydrogens (primary N) is 1. The number of aryl methyl sites for hydroxylation is 2. The summed E-state index contributed by atoms with van der Waals surface area (Å²) in [5.41, 5.74) is 4.95. The van der Waals surface area contributed by atoms with Crippen LogP contribution in [0.4, 0.5) is 4.79 Å². The Morgan fingerprint density at radius 1 is 1.60 bits per heavy atom. The highest BCUT2D eigenvalue weighted by Gasteiger charge is 2.05. The zero-order valence-corrected chi connectivity index (χ0v) is 5.83. The topological polar surface area (TPSA) is 73.8 Å². The maximum atomic E-state index is 10.5. The fourth-order valence-corrected chi connectivity index (χ4v) is 0.730. The van der Waals surface area contributed by atoms with E-state index in [9.17, 15) is 4.79 Å². The first-order valence-corrected chi connectivity index (χ1v) is 2.81. The van der Waals surface area contributed by atoms with E-state index in [1.165, 1.54) is 0 Å². The molecule has 1 aromatic heterocycles. The van der Waals surface area contributed by atoms with E-state index in [-0.39, 0.29) is 0 Å². The van der Waals surface area contributed by atoms with Gasteiger partial charge in [-0.2, -0.15) is 4.68 Å². The van der Waals surface area contributed by atoms with Crippen molar-refractivity contribution in [3.05, 3.63) is 11.6 Å². The number of carbonyl (C=O) groups excluding carboxylic acids is 1. The van der Waals surface area contributed by atoms with E-state index in [1.54, 1.807) is 13.8 Å². The molecule has 0 aliphatic rings. The second-order valence-corrected chi connectivity index (χ2v) is 1.96. The summed E-state index contributed by atoms with van der Waals surface area (Å²) in [6.07, 6.45) is 0. The lowest BCUT2D eigenvalue weighted by Gasteiger charge is -1.91. The predicted molar refractivity (Wildman–Crippen MR) is 34.5 cm³/mol. The Labute approximate surface area is 57.9 Å².